The molecular weight excluding hydrogens is 252 g/mol. The molecule has 0 bridgehead atoms. The molecule has 2 N–H and O–H groups in total. The number of benzene rings is 1. The van der Waals surface area contributed by atoms with Gasteiger partial charge in [-0.3, -0.25) is 0 Å². The summed E-state index contributed by atoms with van der Waals surface area (Å²) >= 11 is 3.17. The van der Waals surface area contributed by atoms with Crippen LogP contribution in [0, 0.1) is 11.7 Å². The lowest BCUT2D eigenvalue weighted by atomic mass is 9.98. The summed E-state index contributed by atoms with van der Waals surface area (Å²) < 4.78 is 27.5. The summed E-state index contributed by atoms with van der Waals surface area (Å²) in [7, 11) is 0. The van der Waals surface area contributed by atoms with Gasteiger partial charge in [0.1, 0.15) is 12.0 Å². The fourth-order valence-corrected chi connectivity index (χ4v) is 1.53. The number of halogens is 3. The topological polar surface area (TPSA) is 26.0 Å². The summed E-state index contributed by atoms with van der Waals surface area (Å²) in [6.07, 6.45) is -1.35. The first-order valence-electron chi connectivity index (χ1n) is 4.35. The molecule has 0 radical (unpaired) electrons. The molecule has 0 aliphatic heterocycles. The van der Waals surface area contributed by atoms with E-state index in [1.54, 1.807) is 13.0 Å². The number of alkyl halides is 1. The van der Waals surface area contributed by atoms with Crippen molar-refractivity contribution in [3.8, 4) is 0 Å². The minimum atomic E-state index is -1.35. The Balaban J connectivity index is 2.99. The van der Waals surface area contributed by atoms with E-state index < -0.39 is 12.0 Å². The van der Waals surface area contributed by atoms with Crippen LogP contribution in [-0.2, 0) is 0 Å². The van der Waals surface area contributed by atoms with Crippen molar-refractivity contribution in [2.45, 2.75) is 13.1 Å². The van der Waals surface area contributed by atoms with Crippen LogP contribution in [0.3, 0.4) is 0 Å². The fourth-order valence-electron chi connectivity index (χ4n) is 1.15. The Morgan fingerprint density at radius 1 is 1.50 bits per heavy atom. The van der Waals surface area contributed by atoms with E-state index in [9.17, 15) is 8.78 Å². The number of rotatable bonds is 3. The molecule has 2 atom stereocenters. The highest BCUT2D eigenvalue weighted by Gasteiger charge is 2.20. The van der Waals surface area contributed by atoms with Gasteiger partial charge in [-0.2, -0.15) is 0 Å². The average molecular weight is 264 g/mol. The molecule has 1 aromatic rings. The summed E-state index contributed by atoms with van der Waals surface area (Å²) in [5.74, 6) is -0.903. The maximum absolute atomic E-state index is 13.6. The summed E-state index contributed by atoms with van der Waals surface area (Å²) in [5.41, 5.74) is 5.39. The summed E-state index contributed by atoms with van der Waals surface area (Å²) in [4.78, 5) is 0. The zero-order valence-electron chi connectivity index (χ0n) is 7.81. The predicted molar refractivity (Wildman–Crippen MR) is 56.2 cm³/mol. The number of hydrogen-bond donors (Lipinski definition) is 1. The van der Waals surface area contributed by atoms with Crippen LogP contribution in [0.15, 0.2) is 22.7 Å². The van der Waals surface area contributed by atoms with Gasteiger partial charge < -0.3 is 5.73 Å². The van der Waals surface area contributed by atoms with E-state index in [-0.39, 0.29) is 18.0 Å². The normalized spacial score (nSPS) is 15.2. The molecule has 0 aromatic heterocycles. The van der Waals surface area contributed by atoms with Gasteiger partial charge in [-0.25, -0.2) is 8.78 Å². The minimum Gasteiger partial charge on any atom is -0.330 e. The standard InChI is InChI=1S/C10H12BrF2N/c1-6(5-14)10(13)8-4-7(11)2-3-9(8)12/h2-4,6,10H,5,14H2,1H3. The van der Waals surface area contributed by atoms with Crippen molar-refractivity contribution in [2.24, 2.45) is 11.7 Å². The molecule has 0 spiro atoms. The molecule has 0 saturated carbocycles. The van der Waals surface area contributed by atoms with Gasteiger partial charge in [-0.1, -0.05) is 22.9 Å². The second kappa shape index (κ2) is 4.84. The van der Waals surface area contributed by atoms with Crippen molar-refractivity contribution < 1.29 is 8.78 Å². The molecule has 4 heteroatoms. The summed E-state index contributed by atoms with van der Waals surface area (Å²) in [5, 5.41) is 0. The van der Waals surface area contributed by atoms with Crippen molar-refractivity contribution in [3.05, 3.63) is 34.1 Å². The maximum Gasteiger partial charge on any atom is 0.132 e. The molecular formula is C10H12BrF2N. The van der Waals surface area contributed by atoms with E-state index in [1.165, 1.54) is 12.1 Å². The Kier molecular flexibility index (Phi) is 4.01. The molecule has 2 unspecified atom stereocenters. The molecule has 0 aliphatic carbocycles. The minimum absolute atomic E-state index is 0.0670. The van der Waals surface area contributed by atoms with E-state index in [1.807, 2.05) is 0 Å². The molecule has 0 saturated heterocycles. The van der Waals surface area contributed by atoms with E-state index in [0.29, 0.717) is 4.47 Å². The largest absolute Gasteiger partial charge is 0.330 e. The van der Waals surface area contributed by atoms with Gasteiger partial charge in [-0.15, -0.1) is 0 Å². The lowest BCUT2D eigenvalue weighted by Gasteiger charge is -2.15. The van der Waals surface area contributed by atoms with Gasteiger partial charge in [0.15, 0.2) is 0 Å². The molecule has 0 fully saturated rings. The van der Waals surface area contributed by atoms with E-state index in [4.69, 9.17) is 5.73 Å². The Labute approximate surface area is 90.4 Å². The van der Waals surface area contributed by atoms with Crippen molar-refractivity contribution >= 4 is 15.9 Å². The molecule has 78 valence electrons. The molecule has 1 rings (SSSR count). The van der Waals surface area contributed by atoms with Crippen LogP contribution in [-0.4, -0.2) is 6.54 Å². The van der Waals surface area contributed by atoms with Crippen LogP contribution in [0.2, 0.25) is 0 Å². The molecule has 1 aromatic carbocycles. The predicted octanol–water partition coefficient (Wildman–Crippen LogP) is 3.19. The SMILES string of the molecule is CC(CN)C(F)c1cc(Br)ccc1F. The van der Waals surface area contributed by atoms with Gasteiger partial charge in [0, 0.05) is 16.0 Å². The monoisotopic (exact) mass is 263 g/mol. The average Bonchev–Trinajstić information content (AvgIpc) is 2.19. The molecule has 0 aliphatic rings. The smallest absolute Gasteiger partial charge is 0.132 e. The Hall–Kier alpha value is -0.480. The van der Waals surface area contributed by atoms with Crippen LogP contribution >= 0.6 is 15.9 Å². The van der Waals surface area contributed by atoms with E-state index >= 15 is 0 Å². The zero-order valence-corrected chi connectivity index (χ0v) is 9.39. The maximum atomic E-state index is 13.6. The zero-order chi connectivity index (χ0) is 10.7. The Morgan fingerprint density at radius 2 is 2.14 bits per heavy atom. The van der Waals surface area contributed by atoms with Crippen molar-refractivity contribution in [1.29, 1.82) is 0 Å². The molecule has 1 nitrogen and oxygen atoms in total. The van der Waals surface area contributed by atoms with Crippen molar-refractivity contribution in [2.75, 3.05) is 6.54 Å². The molecule has 14 heavy (non-hydrogen) atoms. The Bertz CT molecular complexity index is 317. The number of nitrogens with two attached hydrogens (primary N) is 1. The third-order valence-electron chi connectivity index (χ3n) is 2.13. The summed E-state index contributed by atoms with van der Waals surface area (Å²) in [6, 6.07) is 4.24. The molecule has 0 heterocycles. The number of hydrogen-bond acceptors (Lipinski definition) is 1. The van der Waals surface area contributed by atoms with Crippen molar-refractivity contribution in [3.63, 3.8) is 0 Å². The lowest BCUT2D eigenvalue weighted by Crippen LogP contribution is -2.17. The second-order valence-corrected chi connectivity index (χ2v) is 4.20. The van der Waals surface area contributed by atoms with Gasteiger partial charge in [0.2, 0.25) is 0 Å². The lowest BCUT2D eigenvalue weighted by molar-refractivity contribution is 0.244. The highest BCUT2D eigenvalue weighted by atomic mass is 79.9. The molecule has 0 amide bonds. The van der Waals surface area contributed by atoms with E-state index in [0.717, 1.165) is 0 Å². The van der Waals surface area contributed by atoms with Crippen LogP contribution < -0.4 is 5.73 Å². The first-order chi connectivity index (χ1) is 6.56. The van der Waals surface area contributed by atoms with Gasteiger partial charge >= 0.3 is 0 Å². The first-order valence-corrected chi connectivity index (χ1v) is 5.14. The Morgan fingerprint density at radius 3 is 2.71 bits per heavy atom. The van der Waals surface area contributed by atoms with Crippen LogP contribution in [0.25, 0.3) is 0 Å². The fraction of sp³-hybridized carbons (Fsp3) is 0.400. The van der Waals surface area contributed by atoms with Crippen LogP contribution in [0.1, 0.15) is 18.7 Å². The summed E-state index contributed by atoms with van der Waals surface area (Å²) in [6.45, 7) is 1.86. The van der Waals surface area contributed by atoms with Gasteiger partial charge in [-0.05, 0) is 24.7 Å². The highest BCUT2D eigenvalue weighted by molar-refractivity contribution is 9.10. The van der Waals surface area contributed by atoms with Crippen LogP contribution in [0.4, 0.5) is 8.78 Å². The van der Waals surface area contributed by atoms with Crippen molar-refractivity contribution in [1.82, 2.24) is 0 Å². The van der Waals surface area contributed by atoms with Crippen LogP contribution in [0.5, 0.6) is 0 Å². The first kappa shape index (κ1) is 11.6. The third-order valence-corrected chi connectivity index (χ3v) is 2.62. The second-order valence-electron chi connectivity index (χ2n) is 3.28. The quantitative estimate of drug-likeness (QED) is 0.891. The third kappa shape index (κ3) is 2.51. The van der Waals surface area contributed by atoms with E-state index in [2.05, 4.69) is 15.9 Å². The van der Waals surface area contributed by atoms with Gasteiger partial charge in [0.05, 0.1) is 0 Å². The van der Waals surface area contributed by atoms with Gasteiger partial charge in [0.25, 0.3) is 0 Å². The highest BCUT2D eigenvalue weighted by Crippen LogP contribution is 2.29.